The molecule has 0 radical (unpaired) electrons. The van der Waals surface area contributed by atoms with Crippen molar-refractivity contribution in [3.05, 3.63) is 78.0 Å². The van der Waals surface area contributed by atoms with Gasteiger partial charge in [-0.15, -0.1) is 0 Å². The molecule has 0 spiro atoms. The molecule has 0 atom stereocenters. The highest BCUT2D eigenvalue weighted by molar-refractivity contribution is 5.79. The molecule has 3 aromatic rings. The maximum atomic E-state index is 5.34. The quantitative estimate of drug-likeness (QED) is 0.514. The normalized spacial score (nSPS) is 11.5. The Morgan fingerprint density at radius 1 is 1.16 bits per heavy atom. The number of hydrogen-bond acceptors (Lipinski definition) is 3. The summed E-state index contributed by atoms with van der Waals surface area (Å²) in [6.07, 6.45) is 5.43. The van der Waals surface area contributed by atoms with E-state index in [0.29, 0.717) is 13.1 Å². The third-order valence-electron chi connectivity index (χ3n) is 3.67. The predicted octanol–water partition coefficient (Wildman–Crippen LogP) is 2.78. The fourth-order valence-electron chi connectivity index (χ4n) is 2.50. The van der Waals surface area contributed by atoms with Gasteiger partial charge >= 0.3 is 0 Å². The first kappa shape index (κ1) is 16.8. The minimum atomic E-state index is 0.609. The Kier molecular flexibility index (Phi) is 5.87. The van der Waals surface area contributed by atoms with Crippen LogP contribution in [0, 0.1) is 0 Å². The van der Waals surface area contributed by atoms with Gasteiger partial charge in [0.1, 0.15) is 5.76 Å². The summed E-state index contributed by atoms with van der Waals surface area (Å²) in [5.41, 5.74) is 2.38. The number of rotatable bonds is 7. The second-order valence-electron chi connectivity index (χ2n) is 5.65. The SMILES string of the molecule is CCNC(=NCc1cccc(Cn2cccn2)c1)NCc1ccco1. The number of aliphatic imine (C=N–C) groups is 1. The van der Waals surface area contributed by atoms with Gasteiger partial charge in [-0.05, 0) is 36.2 Å². The smallest absolute Gasteiger partial charge is 0.191 e. The van der Waals surface area contributed by atoms with Crippen molar-refractivity contribution in [3.8, 4) is 0 Å². The van der Waals surface area contributed by atoms with Gasteiger partial charge in [-0.25, -0.2) is 4.99 Å². The Balaban J connectivity index is 1.61. The van der Waals surface area contributed by atoms with E-state index in [4.69, 9.17) is 4.42 Å². The van der Waals surface area contributed by atoms with E-state index in [1.807, 2.05) is 29.1 Å². The number of hydrogen-bond donors (Lipinski definition) is 2. The van der Waals surface area contributed by atoms with E-state index >= 15 is 0 Å². The average Bonchev–Trinajstić information content (AvgIpc) is 3.31. The molecule has 0 unspecified atom stereocenters. The monoisotopic (exact) mass is 337 g/mol. The maximum Gasteiger partial charge on any atom is 0.191 e. The van der Waals surface area contributed by atoms with E-state index in [9.17, 15) is 0 Å². The Hall–Kier alpha value is -3.02. The van der Waals surface area contributed by atoms with Crippen molar-refractivity contribution >= 4 is 5.96 Å². The standard InChI is InChI=1S/C19H23N5O/c1-2-20-19(22-14-18-8-4-11-25-18)21-13-16-6-3-7-17(12-16)15-24-10-5-9-23-24/h3-12H,2,13-15H2,1H3,(H2,20,21,22). The Morgan fingerprint density at radius 2 is 2.08 bits per heavy atom. The third kappa shape index (κ3) is 5.24. The Morgan fingerprint density at radius 3 is 2.84 bits per heavy atom. The predicted molar refractivity (Wildman–Crippen MR) is 98.1 cm³/mol. The third-order valence-corrected chi connectivity index (χ3v) is 3.67. The molecule has 0 aliphatic rings. The number of aromatic nitrogens is 2. The zero-order valence-corrected chi connectivity index (χ0v) is 14.4. The van der Waals surface area contributed by atoms with Crippen molar-refractivity contribution in [2.75, 3.05) is 6.54 Å². The van der Waals surface area contributed by atoms with Crippen molar-refractivity contribution in [3.63, 3.8) is 0 Å². The number of nitrogens with one attached hydrogen (secondary N) is 2. The van der Waals surface area contributed by atoms with Crippen molar-refractivity contribution in [2.45, 2.75) is 26.6 Å². The lowest BCUT2D eigenvalue weighted by molar-refractivity contribution is 0.501. The highest BCUT2D eigenvalue weighted by Gasteiger charge is 2.01. The molecule has 2 N–H and O–H groups in total. The topological polar surface area (TPSA) is 67.4 Å². The minimum absolute atomic E-state index is 0.609. The Bertz CT molecular complexity index is 778. The summed E-state index contributed by atoms with van der Waals surface area (Å²) in [6, 6.07) is 14.2. The molecule has 0 aliphatic heterocycles. The van der Waals surface area contributed by atoms with Crippen LogP contribution in [0.4, 0.5) is 0 Å². The molecular formula is C19H23N5O. The van der Waals surface area contributed by atoms with E-state index in [2.05, 4.69) is 51.9 Å². The van der Waals surface area contributed by atoms with Crippen LogP contribution < -0.4 is 10.6 Å². The number of guanidine groups is 1. The molecule has 0 aliphatic carbocycles. The zero-order valence-electron chi connectivity index (χ0n) is 14.4. The van der Waals surface area contributed by atoms with Crippen molar-refractivity contribution in [2.24, 2.45) is 4.99 Å². The van der Waals surface area contributed by atoms with Crippen LogP contribution in [0.3, 0.4) is 0 Å². The van der Waals surface area contributed by atoms with Gasteiger partial charge in [-0.2, -0.15) is 5.10 Å². The summed E-state index contributed by atoms with van der Waals surface area (Å²) >= 11 is 0. The molecule has 0 amide bonds. The fraction of sp³-hybridized carbons (Fsp3) is 0.263. The summed E-state index contributed by atoms with van der Waals surface area (Å²) in [6.45, 7) is 4.85. The molecule has 0 bridgehead atoms. The molecule has 6 nitrogen and oxygen atoms in total. The molecule has 3 rings (SSSR count). The molecule has 0 saturated heterocycles. The molecule has 2 aromatic heterocycles. The van der Waals surface area contributed by atoms with E-state index in [-0.39, 0.29) is 0 Å². The number of furan rings is 1. The van der Waals surface area contributed by atoms with Crippen LogP contribution >= 0.6 is 0 Å². The molecule has 2 heterocycles. The van der Waals surface area contributed by atoms with E-state index in [0.717, 1.165) is 24.8 Å². The van der Waals surface area contributed by atoms with Gasteiger partial charge in [-0.1, -0.05) is 24.3 Å². The lowest BCUT2D eigenvalue weighted by Gasteiger charge is -2.10. The van der Waals surface area contributed by atoms with Gasteiger partial charge in [0.2, 0.25) is 0 Å². The first-order valence-corrected chi connectivity index (χ1v) is 8.43. The lowest BCUT2D eigenvalue weighted by atomic mass is 10.1. The van der Waals surface area contributed by atoms with Crippen LogP contribution in [0.2, 0.25) is 0 Å². The molecule has 0 fully saturated rings. The summed E-state index contributed by atoms with van der Waals surface area (Å²) < 4.78 is 7.25. The number of nitrogens with zero attached hydrogens (tertiary/aromatic N) is 3. The van der Waals surface area contributed by atoms with Crippen molar-refractivity contribution in [1.82, 2.24) is 20.4 Å². The summed E-state index contributed by atoms with van der Waals surface area (Å²) in [5, 5.41) is 10.8. The van der Waals surface area contributed by atoms with E-state index < -0.39 is 0 Å². The Labute approximate surface area is 147 Å². The molecule has 130 valence electrons. The van der Waals surface area contributed by atoms with Gasteiger partial charge in [0.05, 0.1) is 25.9 Å². The van der Waals surface area contributed by atoms with E-state index in [1.165, 1.54) is 11.1 Å². The second kappa shape index (κ2) is 8.73. The molecule has 0 saturated carbocycles. The first-order chi connectivity index (χ1) is 12.3. The van der Waals surface area contributed by atoms with Gasteiger partial charge in [0, 0.05) is 18.9 Å². The summed E-state index contributed by atoms with van der Waals surface area (Å²) in [4.78, 5) is 4.65. The van der Waals surface area contributed by atoms with Gasteiger partial charge in [0.25, 0.3) is 0 Å². The average molecular weight is 337 g/mol. The van der Waals surface area contributed by atoms with Crippen LogP contribution in [0.15, 0.2) is 70.5 Å². The van der Waals surface area contributed by atoms with Crippen LogP contribution in [-0.4, -0.2) is 22.3 Å². The molecule has 6 heteroatoms. The van der Waals surface area contributed by atoms with Gasteiger partial charge in [0.15, 0.2) is 5.96 Å². The van der Waals surface area contributed by atoms with Crippen molar-refractivity contribution in [1.29, 1.82) is 0 Å². The zero-order chi connectivity index (χ0) is 17.3. The van der Waals surface area contributed by atoms with Gasteiger partial charge < -0.3 is 15.1 Å². The minimum Gasteiger partial charge on any atom is -0.467 e. The highest BCUT2D eigenvalue weighted by atomic mass is 16.3. The molecular weight excluding hydrogens is 314 g/mol. The number of benzene rings is 1. The molecule has 1 aromatic carbocycles. The lowest BCUT2D eigenvalue weighted by Crippen LogP contribution is -2.36. The molecule has 25 heavy (non-hydrogen) atoms. The highest BCUT2D eigenvalue weighted by Crippen LogP contribution is 2.08. The second-order valence-corrected chi connectivity index (χ2v) is 5.65. The van der Waals surface area contributed by atoms with Crippen LogP contribution in [0.1, 0.15) is 23.8 Å². The first-order valence-electron chi connectivity index (χ1n) is 8.43. The van der Waals surface area contributed by atoms with Crippen LogP contribution in [0.25, 0.3) is 0 Å². The summed E-state index contributed by atoms with van der Waals surface area (Å²) in [7, 11) is 0. The summed E-state index contributed by atoms with van der Waals surface area (Å²) in [5.74, 6) is 1.66. The van der Waals surface area contributed by atoms with Gasteiger partial charge in [-0.3, -0.25) is 4.68 Å². The largest absolute Gasteiger partial charge is 0.467 e. The maximum absolute atomic E-state index is 5.34. The fourth-order valence-corrected chi connectivity index (χ4v) is 2.50. The van der Waals surface area contributed by atoms with Crippen LogP contribution in [0.5, 0.6) is 0 Å². The van der Waals surface area contributed by atoms with E-state index in [1.54, 1.807) is 12.5 Å². The van der Waals surface area contributed by atoms with Crippen molar-refractivity contribution < 1.29 is 4.42 Å². The van der Waals surface area contributed by atoms with Crippen LogP contribution in [-0.2, 0) is 19.6 Å².